The second-order valence-electron chi connectivity index (χ2n) is 4.76. The lowest BCUT2D eigenvalue weighted by Crippen LogP contribution is -2.41. The Labute approximate surface area is 107 Å². The molecule has 0 radical (unpaired) electrons. The Morgan fingerprint density at radius 1 is 1.41 bits per heavy atom. The SMILES string of the molecule is CS(=O)(=O)c1ccc(C2(CN)CCC2)cc1Cl. The van der Waals surface area contributed by atoms with Crippen LogP contribution in [0.2, 0.25) is 5.02 Å². The molecule has 0 bridgehead atoms. The summed E-state index contributed by atoms with van der Waals surface area (Å²) in [6, 6.07) is 5.18. The Morgan fingerprint density at radius 2 is 2.06 bits per heavy atom. The Balaban J connectivity index is 2.44. The van der Waals surface area contributed by atoms with Gasteiger partial charge in [0.05, 0.1) is 9.92 Å². The first-order valence-corrected chi connectivity index (χ1v) is 7.86. The van der Waals surface area contributed by atoms with Crippen molar-refractivity contribution in [2.24, 2.45) is 5.73 Å². The lowest BCUT2D eigenvalue weighted by Gasteiger charge is -2.41. The standard InChI is InChI=1S/C12H16ClNO2S/c1-17(15,16)11-4-3-9(7-10(11)13)12(8-14)5-2-6-12/h3-4,7H,2,5-6,8,14H2,1H3. The van der Waals surface area contributed by atoms with E-state index in [2.05, 4.69) is 0 Å². The van der Waals surface area contributed by atoms with E-state index in [0.717, 1.165) is 24.7 Å². The Hall–Kier alpha value is -0.580. The molecule has 0 unspecified atom stereocenters. The summed E-state index contributed by atoms with van der Waals surface area (Å²) in [6.07, 6.45) is 4.44. The molecule has 0 heterocycles. The van der Waals surface area contributed by atoms with Crippen molar-refractivity contribution in [2.45, 2.75) is 29.6 Å². The van der Waals surface area contributed by atoms with Crippen molar-refractivity contribution in [1.82, 2.24) is 0 Å². The van der Waals surface area contributed by atoms with Gasteiger partial charge in [-0.05, 0) is 30.5 Å². The highest BCUT2D eigenvalue weighted by atomic mass is 35.5. The zero-order valence-corrected chi connectivity index (χ0v) is 11.3. The van der Waals surface area contributed by atoms with Gasteiger partial charge in [0.1, 0.15) is 0 Å². The van der Waals surface area contributed by atoms with Crippen LogP contribution < -0.4 is 5.73 Å². The van der Waals surface area contributed by atoms with Crippen LogP contribution in [-0.2, 0) is 15.3 Å². The molecule has 0 amide bonds. The highest BCUT2D eigenvalue weighted by Crippen LogP contribution is 2.43. The van der Waals surface area contributed by atoms with Gasteiger partial charge in [-0.1, -0.05) is 24.1 Å². The van der Waals surface area contributed by atoms with Gasteiger partial charge in [-0.3, -0.25) is 0 Å². The highest BCUT2D eigenvalue weighted by Gasteiger charge is 2.37. The average molecular weight is 274 g/mol. The third-order valence-corrected chi connectivity index (χ3v) is 5.22. The van der Waals surface area contributed by atoms with Crippen molar-refractivity contribution in [3.63, 3.8) is 0 Å². The summed E-state index contributed by atoms with van der Waals surface area (Å²) in [5.41, 5.74) is 6.89. The molecule has 0 aliphatic heterocycles. The summed E-state index contributed by atoms with van der Waals surface area (Å²) in [6.45, 7) is 0.585. The summed E-state index contributed by atoms with van der Waals surface area (Å²) < 4.78 is 22.9. The number of hydrogen-bond donors (Lipinski definition) is 1. The fourth-order valence-corrected chi connectivity index (χ4v) is 3.67. The molecule has 5 heteroatoms. The summed E-state index contributed by atoms with van der Waals surface area (Å²) in [4.78, 5) is 0.189. The molecule has 3 nitrogen and oxygen atoms in total. The van der Waals surface area contributed by atoms with Crippen molar-refractivity contribution in [2.75, 3.05) is 12.8 Å². The summed E-state index contributed by atoms with van der Waals surface area (Å²) in [5.74, 6) is 0. The first kappa shape index (κ1) is 12.9. The van der Waals surface area contributed by atoms with Crippen molar-refractivity contribution >= 4 is 21.4 Å². The molecule has 1 aliphatic carbocycles. The molecule has 2 rings (SSSR count). The topological polar surface area (TPSA) is 60.2 Å². The number of sulfone groups is 1. The van der Waals surface area contributed by atoms with E-state index in [1.807, 2.05) is 6.07 Å². The van der Waals surface area contributed by atoms with Crippen molar-refractivity contribution in [1.29, 1.82) is 0 Å². The van der Waals surface area contributed by atoms with Gasteiger partial charge in [0.15, 0.2) is 9.84 Å². The average Bonchev–Trinajstić information content (AvgIpc) is 2.14. The molecule has 1 saturated carbocycles. The zero-order chi connectivity index (χ0) is 12.7. The van der Waals surface area contributed by atoms with E-state index in [0.29, 0.717) is 11.6 Å². The molecule has 1 aromatic carbocycles. The van der Waals surface area contributed by atoms with Crippen LogP contribution in [0.15, 0.2) is 23.1 Å². The monoisotopic (exact) mass is 273 g/mol. The molecule has 0 saturated heterocycles. The van der Waals surface area contributed by atoms with E-state index in [1.54, 1.807) is 12.1 Å². The zero-order valence-electron chi connectivity index (χ0n) is 9.74. The molecule has 1 aliphatic rings. The smallest absolute Gasteiger partial charge is 0.176 e. The normalized spacial score (nSPS) is 18.8. The minimum Gasteiger partial charge on any atom is -0.330 e. The Bertz CT molecular complexity index is 530. The lowest BCUT2D eigenvalue weighted by atomic mass is 9.64. The lowest BCUT2D eigenvalue weighted by molar-refractivity contribution is 0.253. The van der Waals surface area contributed by atoms with Crippen LogP contribution in [0.3, 0.4) is 0 Å². The first-order valence-electron chi connectivity index (χ1n) is 5.59. The van der Waals surface area contributed by atoms with Crippen molar-refractivity contribution in [3.8, 4) is 0 Å². The summed E-state index contributed by atoms with van der Waals surface area (Å²) >= 11 is 6.04. The predicted octanol–water partition coefficient (Wildman–Crippen LogP) is 2.12. The van der Waals surface area contributed by atoms with Gasteiger partial charge in [-0.15, -0.1) is 0 Å². The molecule has 1 aromatic rings. The molecular formula is C12H16ClNO2S. The number of halogens is 1. The minimum atomic E-state index is -3.25. The second kappa shape index (κ2) is 4.26. The number of rotatable bonds is 3. The van der Waals surface area contributed by atoms with E-state index >= 15 is 0 Å². The van der Waals surface area contributed by atoms with Crippen LogP contribution in [0.4, 0.5) is 0 Å². The van der Waals surface area contributed by atoms with E-state index < -0.39 is 9.84 Å². The quantitative estimate of drug-likeness (QED) is 0.918. The second-order valence-corrected chi connectivity index (χ2v) is 7.15. The molecule has 17 heavy (non-hydrogen) atoms. The minimum absolute atomic E-state index is 0.0136. The van der Waals surface area contributed by atoms with Crippen molar-refractivity contribution in [3.05, 3.63) is 28.8 Å². The molecule has 0 spiro atoms. The molecule has 1 fully saturated rings. The van der Waals surface area contributed by atoms with Crippen molar-refractivity contribution < 1.29 is 8.42 Å². The van der Waals surface area contributed by atoms with Gasteiger partial charge in [-0.25, -0.2) is 8.42 Å². The van der Waals surface area contributed by atoms with E-state index in [1.165, 1.54) is 6.42 Å². The number of benzene rings is 1. The first-order chi connectivity index (χ1) is 7.89. The third kappa shape index (κ3) is 2.21. The maximum absolute atomic E-state index is 11.5. The largest absolute Gasteiger partial charge is 0.330 e. The van der Waals surface area contributed by atoms with Gasteiger partial charge in [0.2, 0.25) is 0 Å². The van der Waals surface area contributed by atoms with Gasteiger partial charge >= 0.3 is 0 Å². The molecular weight excluding hydrogens is 258 g/mol. The number of nitrogens with two attached hydrogens (primary N) is 1. The van der Waals surface area contributed by atoms with Crippen LogP contribution in [0.5, 0.6) is 0 Å². The van der Waals surface area contributed by atoms with Crippen LogP contribution in [0.25, 0.3) is 0 Å². The van der Waals surface area contributed by atoms with Crippen LogP contribution >= 0.6 is 11.6 Å². The molecule has 0 atom stereocenters. The van der Waals surface area contributed by atoms with Gasteiger partial charge in [0.25, 0.3) is 0 Å². The van der Waals surface area contributed by atoms with Crippen LogP contribution in [0, 0.1) is 0 Å². The van der Waals surface area contributed by atoms with Gasteiger partial charge in [0, 0.05) is 18.2 Å². The maximum Gasteiger partial charge on any atom is 0.176 e. The van der Waals surface area contributed by atoms with Crippen LogP contribution in [0.1, 0.15) is 24.8 Å². The molecule has 94 valence electrons. The fraction of sp³-hybridized carbons (Fsp3) is 0.500. The van der Waals surface area contributed by atoms with Crippen LogP contribution in [-0.4, -0.2) is 21.2 Å². The molecule has 2 N–H and O–H groups in total. The molecule has 0 aromatic heterocycles. The van der Waals surface area contributed by atoms with Gasteiger partial charge in [-0.2, -0.15) is 0 Å². The fourth-order valence-electron chi connectivity index (χ4n) is 2.35. The predicted molar refractivity (Wildman–Crippen MR) is 69.1 cm³/mol. The highest BCUT2D eigenvalue weighted by molar-refractivity contribution is 7.90. The third-order valence-electron chi connectivity index (χ3n) is 3.65. The van der Waals surface area contributed by atoms with E-state index in [4.69, 9.17) is 17.3 Å². The summed E-state index contributed by atoms with van der Waals surface area (Å²) in [7, 11) is -3.25. The Morgan fingerprint density at radius 3 is 2.41 bits per heavy atom. The number of hydrogen-bond acceptors (Lipinski definition) is 3. The van der Waals surface area contributed by atoms with Gasteiger partial charge < -0.3 is 5.73 Å². The van der Waals surface area contributed by atoms with E-state index in [9.17, 15) is 8.42 Å². The Kier molecular flexibility index (Phi) is 3.23. The maximum atomic E-state index is 11.5. The van der Waals surface area contributed by atoms with E-state index in [-0.39, 0.29) is 10.3 Å². The summed E-state index contributed by atoms with van der Waals surface area (Å²) in [5, 5.41) is 0.296.